The molecule has 0 unspecified atom stereocenters. The Bertz CT molecular complexity index is 718. The molecule has 2 heterocycles. The van der Waals surface area contributed by atoms with Crippen LogP contribution in [0.4, 0.5) is 11.9 Å². The summed E-state index contributed by atoms with van der Waals surface area (Å²) in [7, 11) is 5.49. The highest BCUT2D eigenvalue weighted by Gasteiger charge is 2.30. The first-order valence-electron chi connectivity index (χ1n) is 8.52. The van der Waals surface area contributed by atoms with Gasteiger partial charge in [-0.15, -0.1) is 0 Å². The molecule has 0 spiro atoms. The fourth-order valence-corrected chi connectivity index (χ4v) is 3.31. The number of rotatable bonds is 5. The minimum absolute atomic E-state index is 0.271. The molecule has 1 fully saturated rings. The number of benzene rings is 1. The fourth-order valence-electron chi connectivity index (χ4n) is 3.31. The number of hydrogen-bond donors (Lipinski definition) is 1. The molecule has 1 saturated heterocycles. The Hall–Kier alpha value is -2.41. The lowest BCUT2D eigenvalue weighted by Crippen LogP contribution is -2.28. The number of nitrogen functional groups attached to an aromatic ring is 1. The number of nitrogens with zero attached hydrogens (tertiary/aromatic N) is 5. The Morgan fingerprint density at radius 1 is 1.20 bits per heavy atom. The Balaban J connectivity index is 1.71. The third-order valence-electron chi connectivity index (χ3n) is 4.72. The molecule has 7 heteroatoms. The van der Waals surface area contributed by atoms with Gasteiger partial charge in [0.15, 0.2) is 0 Å². The summed E-state index contributed by atoms with van der Waals surface area (Å²) < 4.78 is 5.25. The van der Waals surface area contributed by atoms with Crippen molar-refractivity contribution in [2.75, 3.05) is 38.4 Å². The van der Waals surface area contributed by atoms with E-state index in [0.29, 0.717) is 24.5 Å². The topological polar surface area (TPSA) is 80.4 Å². The van der Waals surface area contributed by atoms with Crippen LogP contribution in [0.2, 0.25) is 0 Å². The van der Waals surface area contributed by atoms with Crippen molar-refractivity contribution in [3.63, 3.8) is 0 Å². The van der Waals surface area contributed by atoms with Crippen molar-refractivity contribution < 1.29 is 4.74 Å². The zero-order chi connectivity index (χ0) is 18.0. The van der Waals surface area contributed by atoms with Crippen molar-refractivity contribution in [2.45, 2.75) is 31.8 Å². The molecule has 1 aliphatic rings. The molecule has 0 bridgehead atoms. The second-order valence-electron chi connectivity index (χ2n) is 6.79. The van der Waals surface area contributed by atoms with Crippen molar-refractivity contribution in [3.05, 3.63) is 35.7 Å². The van der Waals surface area contributed by atoms with E-state index in [2.05, 4.69) is 38.9 Å². The van der Waals surface area contributed by atoms with Crippen LogP contribution in [0, 0.1) is 0 Å². The number of methoxy groups -OCH3 is 1. The van der Waals surface area contributed by atoms with E-state index in [1.165, 1.54) is 5.56 Å². The third kappa shape index (κ3) is 3.99. The highest BCUT2D eigenvalue weighted by Crippen LogP contribution is 2.33. The highest BCUT2D eigenvalue weighted by atomic mass is 16.5. The number of anilines is 2. The first-order valence-corrected chi connectivity index (χ1v) is 8.52. The molecule has 1 aromatic carbocycles. The maximum atomic E-state index is 5.83. The number of likely N-dealkylation sites (tertiary alicyclic amines) is 1. The number of nitrogens with two attached hydrogens (primary N) is 1. The Kier molecular flexibility index (Phi) is 5.03. The van der Waals surface area contributed by atoms with Crippen LogP contribution < -0.4 is 15.4 Å². The van der Waals surface area contributed by atoms with Crippen LogP contribution >= 0.6 is 0 Å². The Morgan fingerprint density at radius 3 is 2.56 bits per heavy atom. The minimum Gasteiger partial charge on any atom is -0.497 e. The van der Waals surface area contributed by atoms with E-state index in [4.69, 9.17) is 10.5 Å². The second-order valence-corrected chi connectivity index (χ2v) is 6.79. The molecule has 2 aromatic rings. The van der Waals surface area contributed by atoms with Crippen molar-refractivity contribution in [3.8, 4) is 5.75 Å². The second kappa shape index (κ2) is 7.23. The molecule has 0 aliphatic carbocycles. The van der Waals surface area contributed by atoms with Crippen LogP contribution in [0.15, 0.2) is 24.3 Å². The van der Waals surface area contributed by atoms with Crippen molar-refractivity contribution in [1.29, 1.82) is 0 Å². The first-order chi connectivity index (χ1) is 12.0. The molecule has 2 N–H and O–H groups in total. The van der Waals surface area contributed by atoms with Gasteiger partial charge in [0.05, 0.1) is 13.7 Å². The van der Waals surface area contributed by atoms with Crippen LogP contribution in [0.1, 0.15) is 30.7 Å². The predicted molar refractivity (Wildman–Crippen MR) is 98.8 cm³/mol. The fraction of sp³-hybridized carbons (Fsp3) is 0.500. The van der Waals surface area contributed by atoms with E-state index >= 15 is 0 Å². The average molecular weight is 342 g/mol. The molecule has 0 amide bonds. The van der Waals surface area contributed by atoms with Gasteiger partial charge in [0.1, 0.15) is 11.6 Å². The standard InChI is InChI=1S/C18H26N6O/c1-12-9-14(13-5-7-15(25-4)8-6-13)10-24(12)11-16-20-17(19)22-18(21-16)23(2)3/h5-8,12,14H,9-11H2,1-4H3,(H2,19,20,21,22)/t12-,14+/m0/s1. The molecule has 1 aliphatic heterocycles. The highest BCUT2D eigenvalue weighted by molar-refractivity contribution is 5.33. The normalized spacial score (nSPS) is 20.6. The summed E-state index contributed by atoms with van der Waals surface area (Å²) in [5, 5.41) is 0. The first kappa shape index (κ1) is 17.4. The van der Waals surface area contributed by atoms with Crippen LogP contribution in [0.3, 0.4) is 0 Å². The summed E-state index contributed by atoms with van der Waals surface area (Å²) in [6, 6.07) is 8.83. The predicted octanol–water partition coefficient (Wildman–Crippen LogP) is 1.91. The molecular formula is C18H26N6O. The van der Waals surface area contributed by atoms with Gasteiger partial charge in [0.2, 0.25) is 11.9 Å². The minimum atomic E-state index is 0.271. The van der Waals surface area contributed by atoms with Gasteiger partial charge in [-0.05, 0) is 37.0 Å². The van der Waals surface area contributed by atoms with Gasteiger partial charge in [0, 0.05) is 26.7 Å². The van der Waals surface area contributed by atoms with E-state index in [-0.39, 0.29) is 5.95 Å². The molecule has 1 aromatic heterocycles. The van der Waals surface area contributed by atoms with E-state index in [9.17, 15) is 0 Å². The summed E-state index contributed by atoms with van der Waals surface area (Å²) in [5.41, 5.74) is 7.18. The van der Waals surface area contributed by atoms with Gasteiger partial charge < -0.3 is 15.4 Å². The average Bonchev–Trinajstić information content (AvgIpc) is 2.95. The lowest BCUT2D eigenvalue weighted by Gasteiger charge is -2.20. The molecule has 7 nitrogen and oxygen atoms in total. The number of ether oxygens (including phenoxy) is 1. The van der Waals surface area contributed by atoms with Crippen molar-refractivity contribution in [2.24, 2.45) is 0 Å². The molecule has 0 saturated carbocycles. The molecule has 3 rings (SSSR count). The molecule has 25 heavy (non-hydrogen) atoms. The summed E-state index contributed by atoms with van der Waals surface area (Å²) in [6.07, 6.45) is 1.12. The Labute approximate surface area is 148 Å². The van der Waals surface area contributed by atoms with Crippen molar-refractivity contribution >= 4 is 11.9 Å². The summed E-state index contributed by atoms with van der Waals surface area (Å²) in [5.74, 6) is 2.99. The molecule has 0 radical (unpaired) electrons. The van der Waals surface area contributed by atoms with Crippen LogP contribution in [-0.4, -0.2) is 53.6 Å². The largest absolute Gasteiger partial charge is 0.497 e. The van der Waals surface area contributed by atoms with E-state index in [1.807, 2.05) is 31.1 Å². The number of hydrogen-bond acceptors (Lipinski definition) is 7. The quantitative estimate of drug-likeness (QED) is 0.889. The summed E-state index contributed by atoms with van der Waals surface area (Å²) >= 11 is 0. The van der Waals surface area contributed by atoms with E-state index in [0.717, 1.165) is 24.5 Å². The van der Waals surface area contributed by atoms with Gasteiger partial charge in [-0.1, -0.05) is 12.1 Å². The SMILES string of the molecule is COc1ccc([C@@H]2C[C@H](C)N(Cc3nc(N)nc(N(C)C)n3)C2)cc1. The lowest BCUT2D eigenvalue weighted by atomic mass is 9.97. The lowest BCUT2D eigenvalue weighted by molar-refractivity contribution is 0.252. The maximum Gasteiger partial charge on any atom is 0.229 e. The maximum absolute atomic E-state index is 5.83. The van der Waals surface area contributed by atoms with E-state index in [1.54, 1.807) is 7.11 Å². The van der Waals surface area contributed by atoms with Crippen LogP contribution in [0.25, 0.3) is 0 Å². The molecule has 2 atom stereocenters. The van der Waals surface area contributed by atoms with Gasteiger partial charge >= 0.3 is 0 Å². The van der Waals surface area contributed by atoms with Crippen molar-refractivity contribution in [1.82, 2.24) is 19.9 Å². The summed E-state index contributed by atoms with van der Waals surface area (Å²) in [4.78, 5) is 17.2. The summed E-state index contributed by atoms with van der Waals surface area (Å²) in [6.45, 7) is 3.92. The smallest absolute Gasteiger partial charge is 0.229 e. The van der Waals surface area contributed by atoms with E-state index < -0.39 is 0 Å². The van der Waals surface area contributed by atoms with Gasteiger partial charge in [-0.2, -0.15) is 15.0 Å². The van der Waals surface area contributed by atoms with Gasteiger partial charge in [-0.25, -0.2) is 0 Å². The van der Waals surface area contributed by atoms with Crippen LogP contribution in [-0.2, 0) is 6.54 Å². The molecular weight excluding hydrogens is 316 g/mol. The third-order valence-corrected chi connectivity index (χ3v) is 4.72. The zero-order valence-electron chi connectivity index (χ0n) is 15.3. The number of aromatic nitrogens is 3. The monoisotopic (exact) mass is 342 g/mol. The molecule has 134 valence electrons. The Morgan fingerprint density at radius 2 is 1.92 bits per heavy atom. The van der Waals surface area contributed by atoms with Gasteiger partial charge in [0.25, 0.3) is 0 Å². The zero-order valence-corrected chi connectivity index (χ0v) is 15.3. The van der Waals surface area contributed by atoms with Crippen LogP contribution in [0.5, 0.6) is 5.75 Å². The van der Waals surface area contributed by atoms with Gasteiger partial charge in [-0.3, -0.25) is 4.90 Å².